The first-order valence-electron chi connectivity index (χ1n) is 6.53. The molecule has 1 unspecified atom stereocenters. The Hall–Kier alpha value is -0.850. The quantitative estimate of drug-likeness (QED) is 0.686. The van der Waals surface area contributed by atoms with Crippen molar-refractivity contribution in [2.24, 2.45) is 0 Å². The number of thioether (sulfide) groups is 1. The minimum atomic E-state index is 0.649. The number of nitrogens with one attached hydrogen (secondary N) is 1. The lowest BCUT2D eigenvalue weighted by Crippen LogP contribution is -3.08. The second kappa shape index (κ2) is 5.26. The summed E-state index contributed by atoms with van der Waals surface area (Å²) in [5, 5.41) is 1.96. The predicted molar refractivity (Wildman–Crippen MR) is 79.5 cm³/mol. The molecule has 0 spiro atoms. The van der Waals surface area contributed by atoms with Crippen molar-refractivity contribution in [1.82, 2.24) is 9.97 Å². The highest BCUT2D eigenvalue weighted by atomic mass is 32.2. The normalized spacial score (nSPS) is 18.6. The van der Waals surface area contributed by atoms with Gasteiger partial charge in [0.2, 0.25) is 5.88 Å². The number of quaternary nitrogens is 1. The van der Waals surface area contributed by atoms with Crippen LogP contribution in [0.25, 0.3) is 10.2 Å². The van der Waals surface area contributed by atoms with Gasteiger partial charge in [-0.15, -0.1) is 11.3 Å². The first kappa shape index (κ1) is 13.1. The molecule has 3 rings (SSSR count). The number of thiophene rings is 1. The third-order valence-corrected chi connectivity index (χ3v) is 5.08. The van der Waals surface area contributed by atoms with E-state index in [4.69, 9.17) is 4.74 Å². The average molecular weight is 296 g/mol. The lowest BCUT2D eigenvalue weighted by molar-refractivity contribution is -0.895. The summed E-state index contributed by atoms with van der Waals surface area (Å²) >= 11 is 3.38. The van der Waals surface area contributed by atoms with E-state index in [1.54, 1.807) is 16.7 Å². The molecule has 0 bridgehead atoms. The van der Waals surface area contributed by atoms with Gasteiger partial charge in [0.25, 0.3) is 0 Å². The maximum Gasteiger partial charge on any atom is 0.226 e. The molecule has 2 aromatic rings. The van der Waals surface area contributed by atoms with E-state index in [1.807, 2.05) is 24.5 Å². The molecule has 0 amide bonds. The highest BCUT2D eigenvalue weighted by Gasteiger charge is 2.25. The molecule has 19 heavy (non-hydrogen) atoms. The van der Waals surface area contributed by atoms with Gasteiger partial charge in [-0.1, -0.05) is 11.8 Å². The van der Waals surface area contributed by atoms with Crippen LogP contribution >= 0.6 is 23.1 Å². The number of rotatable bonds is 3. The van der Waals surface area contributed by atoms with Gasteiger partial charge in [0, 0.05) is 6.42 Å². The maximum atomic E-state index is 5.75. The summed E-state index contributed by atoms with van der Waals surface area (Å²) in [7, 11) is 2.25. The number of aromatic nitrogens is 2. The molecule has 102 valence electrons. The number of likely N-dealkylation sites (N-methyl/N-ethyl adjacent to an activating group) is 1. The Labute approximate surface area is 121 Å². The predicted octanol–water partition coefficient (Wildman–Crippen LogP) is 1.38. The largest absolute Gasteiger partial charge is 0.477 e. The van der Waals surface area contributed by atoms with Crippen molar-refractivity contribution in [2.75, 3.05) is 26.5 Å². The highest BCUT2D eigenvalue weighted by molar-refractivity contribution is 7.98. The van der Waals surface area contributed by atoms with Crippen LogP contribution in [0, 0.1) is 0 Å². The van der Waals surface area contributed by atoms with Gasteiger partial charge in [0.15, 0.2) is 5.16 Å². The fourth-order valence-electron chi connectivity index (χ4n) is 2.49. The second-order valence-electron chi connectivity index (χ2n) is 4.77. The van der Waals surface area contributed by atoms with Crippen LogP contribution in [0.3, 0.4) is 0 Å². The fraction of sp³-hybridized carbons (Fsp3) is 0.538. The lowest BCUT2D eigenvalue weighted by Gasteiger charge is -2.19. The zero-order valence-corrected chi connectivity index (χ0v) is 13.1. The van der Waals surface area contributed by atoms with E-state index in [0.29, 0.717) is 6.61 Å². The van der Waals surface area contributed by atoms with Gasteiger partial charge >= 0.3 is 0 Å². The average Bonchev–Trinajstić information content (AvgIpc) is 2.76. The Bertz CT molecular complexity index is 611. The van der Waals surface area contributed by atoms with Crippen LogP contribution in [-0.2, 0) is 13.0 Å². The Kier molecular flexibility index (Phi) is 3.64. The van der Waals surface area contributed by atoms with E-state index in [0.717, 1.165) is 34.2 Å². The molecule has 4 nitrogen and oxygen atoms in total. The van der Waals surface area contributed by atoms with E-state index >= 15 is 0 Å². The van der Waals surface area contributed by atoms with Gasteiger partial charge in [-0.05, 0) is 18.7 Å². The van der Waals surface area contributed by atoms with Crippen LogP contribution in [0.4, 0.5) is 0 Å². The molecule has 1 N–H and O–H groups in total. The van der Waals surface area contributed by atoms with E-state index in [2.05, 4.69) is 17.0 Å². The molecule has 0 aliphatic carbocycles. The summed E-state index contributed by atoms with van der Waals surface area (Å²) in [6.07, 6.45) is 3.10. The monoisotopic (exact) mass is 296 g/mol. The molecule has 0 radical (unpaired) electrons. The molecule has 6 heteroatoms. The smallest absolute Gasteiger partial charge is 0.226 e. The summed E-state index contributed by atoms with van der Waals surface area (Å²) < 4.78 is 5.75. The van der Waals surface area contributed by atoms with Crippen LogP contribution in [0.5, 0.6) is 5.88 Å². The number of fused-ring (bicyclic) bond motifs is 3. The third-order valence-electron chi connectivity index (χ3n) is 3.41. The van der Waals surface area contributed by atoms with Crippen molar-refractivity contribution in [3.05, 3.63) is 10.4 Å². The third kappa shape index (κ3) is 2.32. The number of ether oxygens (including phenoxy) is 1. The van der Waals surface area contributed by atoms with Crippen LogP contribution < -0.4 is 9.64 Å². The highest BCUT2D eigenvalue weighted by Crippen LogP contribution is 2.37. The molecule has 0 aromatic carbocycles. The molecule has 1 atom stereocenters. The SMILES string of the molecule is CCOc1nc(SC)nc2sc3c(c12)CC[NH+](C)C3. The van der Waals surface area contributed by atoms with Crippen molar-refractivity contribution in [2.45, 2.75) is 25.0 Å². The Morgan fingerprint density at radius 2 is 2.26 bits per heavy atom. The van der Waals surface area contributed by atoms with Crippen molar-refractivity contribution >= 4 is 33.3 Å². The summed E-state index contributed by atoms with van der Waals surface area (Å²) in [4.78, 5) is 13.3. The van der Waals surface area contributed by atoms with Crippen LogP contribution in [0.1, 0.15) is 17.4 Å². The zero-order chi connectivity index (χ0) is 13.4. The first-order chi connectivity index (χ1) is 9.22. The first-order valence-corrected chi connectivity index (χ1v) is 8.57. The van der Waals surface area contributed by atoms with Gasteiger partial charge in [0.05, 0.1) is 30.5 Å². The Balaban J connectivity index is 2.20. The molecule has 1 aliphatic rings. The molecular weight excluding hydrogens is 278 g/mol. The standard InChI is InChI=1S/C13H17N3OS2/c1-4-17-11-10-8-5-6-16(2)7-9(8)19-12(10)15-13(14-11)18-3/h4-7H2,1-3H3/p+1. The van der Waals surface area contributed by atoms with Crippen LogP contribution in [-0.4, -0.2) is 36.4 Å². The molecule has 0 saturated heterocycles. The Morgan fingerprint density at radius 3 is 3.00 bits per heavy atom. The van der Waals surface area contributed by atoms with Gasteiger partial charge in [-0.2, -0.15) is 4.98 Å². The number of nitrogens with zero attached hydrogens (tertiary/aromatic N) is 2. The van der Waals surface area contributed by atoms with Gasteiger partial charge in [-0.25, -0.2) is 4.98 Å². The second-order valence-corrected chi connectivity index (χ2v) is 6.62. The summed E-state index contributed by atoms with van der Waals surface area (Å²) in [5.74, 6) is 0.772. The fourth-order valence-corrected chi connectivity index (χ4v) is 4.23. The topological polar surface area (TPSA) is 39.5 Å². The van der Waals surface area contributed by atoms with Gasteiger partial charge < -0.3 is 9.64 Å². The van der Waals surface area contributed by atoms with E-state index < -0.39 is 0 Å². The maximum absolute atomic E-state index is 5.75. The molecule has 1 aliphatic heterocycles. The van der Waals surface area contributed by atoms with Gasteiger partial charge in [-0.3, -0.25) is 0 Å². The summed E-state index contributed by atoms with van der Waals surface area (Å²) in [5.41, 5.74) is 1.42. The zero-order valence-electron chi connectivity index (χ0n) is 11.4. The van der Waals surface area contributed by atoms with Crippen LogP contribution in [0.15, 0.2) is 5.16 Å². The van der Waals surface area contributed by atoms with E-state index in [-0.39, 0.29) is 0 Å². The van der Waals surface area contributed by atoms with Crippen molar-refractivity contribution < 1.29 is 9.64 Å². The molecular formula is C13H18N3OS2+. The van der Waals surface area contributed by atoms with Crippen LogP contribution in [0.2, 0.25) is 0 Å². The molecule has 2 aromatic heterocycles. The molecule has 3 heterocycles. The van der Waals surface area contributed by atoms with Crippen molar-refractivity contribution in [3.8, 4) is 5.88 Å². The van der Waals surface area contributed by atoms with Gasteiger partial charge in [0.1, 0.15) is 11.4 Å². The number of hydrogen-bond acceptors (Lipinski definition) is 5. The molecule has 0 saturated carbocycles. The van der Waals surface area contributed by atoms with E-state index in [1.165, 1.54) is 17.0 Å². The van der Waals surface area contributed by atoms with E-state index in [9.17, 15) is 0 Å². The lowest BCUT2D eigenvalue weighted by atomic mass is 10.1. The minimum Gasteiger partial charge on any atom is -0.477 e. The molecule has 0 fully saturated rings. The summed E-state index contributed by atoms with van der Waals surface area (Å²) in [6, 6.07) is 0. The number of hydrogen-bond donors (Lipinski definition) is 1. The minimum absolute atomic E-state index is 0.649. The van der Waals surface area contributed by atoms with Crippen molar-refractivity contribution in [3.63, 3.8) is 0 Å². The van der Waals surface area contributed by atoms with Crippen molar-refractivity contribution in [1.29, 1.82) is 0 Å². The Morgan fingerprint density at radius 1 is 1.42 bits per heavy atom. The summed E-state index contributed by atoms with van der Waals surface area (Å²) in [6.45, 7) is 4.92.